The van der Waals surface area contributed by atoms with Crippen LogP contribution in [0.2, 0.25) is 5.02 Å². The summed E-state index contributed by atoms with van der Waals surface area (Å²) in [5.41, 5.74) is 2.60. The highest BCUT2D eigenvalue weighted by Crippen LogP contribution is 2.23. The maximum Gasteiger partial charge on any atom is 0.378 e. The van der Waals surface area contributed by atoms with Crippen LogP contribution >= 0.6 is 11.6 Å². The topological polar surface area (TPSA) is 74.1 Å². The van der Waals surface area contributed by atoms with Crippen molar-refractivity contribution >= 4 is 23.4 Å². The minimum Gasteiger partial charge on any atom is -0.451 e. The van der Waals surface area contributed by atoms with E-state index in [2.05, 4.69) is 10.1 Å². The van der Waals surface area contributed by atoms with Gasteiger partial charge in [0.2, 0.25) is 0 Å². The molecule has 0 aliphatic carbocycles. The molecule has 0 unspecified atom stereocenters. The van der Waals surface area contributed by atoms with Crippen molar-refractivity contribution in [3.8, 4) is 17.1 Å². The molecule has 4 rings (SSSR count). The van der Waals surface area contributed by atoms with Crippen LogP contribution in [0.1, 0.15) is 26.5 Å². The van der Waals surface area contributed by atoms with Crippen LogP contribution in [0.4, 0.5) is 4.39 Å². The van der Waals surface area contributed by atoms with Gasteiger partial charge in [0.15, 0.2) is 18.2 Å². The molecule has 160 valence electrons. The number of hydrogen-bond acceptors (Lipinski definition) is 5. The highest BCUT2D eigenvalue weighted by atomic mass is 35.5. The molecule has 0 radical (unpaired) electrons. The Kier molecular flexibility index (Phi) is 6.09. The summed E-state index contributed by atoms with van der Waals surface area (Å²) in [6, 6.07) is 19.4. The molecule has 1 heterocycles. The van der Waals surface area contributed by atoms with Crippen LogP contribution in [-0.4, -0.2) is 33.1 Å². The van der Waals surface area contributed by atoms with Gasteiger partial charge >= 0.3 is 5.97 Å². The minimum absolute atomic E-state index is 0.213. The number of nitrogens with zero attached hydrogens (tertiary/aromatic N) is 3. The number of Topliss-reactive ketones (excluding diaryl/α,β-unsaturated/α-hetero) is 1. The molecule has 0 atom stereocenters. The second-order valence-electron chi connectivity index (χ2n) is 7.02. The largest absolute Gasteiger partial charge is 0.451 e. The van der Waals surface area contributed by atoms with Crippen LogP contribution < -0.4 is 0 Å². The number of aromatic nitrogens is 3. The Morgan fingerprint density at radius 3 is 2.44 bits per heavy atom. The fourth-order valence-corrected chi connectivity index (χ4v) is 3.17. The molecule has 0 aliphatic rings. The van der Waals surface area contributed by atoms with Gasteiger partial charge in [0, 0.05) is 16.1 Å². The summed E-state index contributed by atoms with van der Waals surface area (Å²) in [4.78, 5) is 29.2. The first-order valence-corrected chi connectivity index (χ1v) is 10.0. The number of halogens is 2. The van der Waals surface area contributed by atoms with Gasteiger partial charge in [0.05, 0.1) is 5.69 Å². The summed E-state index contributed by atoms with van der Waals surface area (Å²) in [5.74, 6) is -1.45. The molecule has 1 aromatic heterocycles. The Morgan fingerprint density at radius 1 is 1.03 bits per heavy atom. The van der Waals surface area contributed by atoms with Crippen LogP contribution in [0.5, 0.6) is 0 Å². The summed E-state index contributed by atoms with van der Waals surface area (Å²) in [6.07, 6.45) is 0. The second kappa shape index (κ2) is 9.11. The van der Waals surface area contributed by atoms with Gasteiger partial charge < -0.3 is 4.74 Å². The van der Waals surface area contributed by atoms with E-state index in [1.165, 1.54) is 28.9 Å². The molecule has 8 heteroatoms. The van der Waals surface area contributed by atoms with E-state index in [-0.39, 0.29) is 11.6 Å². The summed E-state index contributed by atoms with van der Waals surface area (Å²) in [7, 11) is 0. The number of ether oxygens (including phenoxy) is 1. The lowest BCUT2D eigenvalue weighted by molar-refractivity contribution is 0.0462. The quantitative estimate of drug-likeness (QED) is 0.303. The summed E-state index contributed by atoms with van der Waals surface area (Å²) in [6.45, 7) is 1.46. The first-order valence-electron chi connectivity index (χ1n) is 9.66. The van der Waals surface area contributed by atoms with Gasteiger partial charge in [-0.3, -0.25) is 4.79 Å². The monoisotopic (exact) mass is 449 g/mol. The van der Waals surface area contributed by atoms with Crippen molar-refractivity contribution in [2.45, 2.75) is 6.92 Å². The highest BCUT2D eigenvalue weighted by molar-refractivity contribution is 6.30. The maximum absolute atomic E-state index is 13.4. The van der Waals surface area contributed by atoms with Crippen molar-refractivity contribution in [3.63, 3.8) is 0 Å². The van der Waals surface area contributed by atoms with Crippen LogP contribution in [0, 0.1) is 12.7 Å². The molecular formula is C24H17ClFN3O3. The fraction of sp³-hybridized carbons (Fsp3) is 0.0833. The number of rotatable bonds is 6. The predicted octanol–water partition coefficient (Wildman–Crippen LogP) is 5.07. The Hall–Kier alpha value is -3.84. The molecule has 0 saturated carbocycles. The van der Waals surface area contributed by atoms with E-state index in [1.54, 1.807) is 24.3 Å². The van der Waals surface area contributed by atoms with E-state index < -0.39 is 18.4 Å². The average Bonchev–Trinajstić information content (AvgIpc) is 3.24. The number of esters is 1. The van der Waals surface area contributed by atoms with E-state index in [0.29, 0.717) is 22.1 Å². The Bertz CT molecular complexity index is 1280. The number of carbonyl (C=O) groups excluding carboxylic acids is 2. The Morgan fingerprint density at radius 2 is 1.75 bits per heavy atom. The number of benzene rings is 3. The van der Waals surface area contributed by atoms with E-state index in [0.717, 1.165) is 11.1 Å². The molecule has 0 fully saturated rings. The number of carbonyl (C=O) groups is 2. The number of hydrogen-bond donors (Lipinski definition) is 0. The molecule has 6 nitrogen and oxygen atoms in total. The third kappa shape index (κ3) is 4.73. The molecule has 0 amide bonds. The molecule has 3 aromatic carbocycles. The second-order valence-corrected chi connectivity index (χ2v) is 7.46. The zero-order valence-electron chi connectivity index (χ0n) is 17.0. The van der Waals surface area contributed by atoms with Crippen molar-refractivity contribution in [2.75, 3.05) is 6.61 Å². The van der Waals surface area contributed by atoms with Crippen LogP contribution in [-0.2, 0) is 4.74 Å². The molecule has 0 N–H and O–H groups in total. The van der Waals surface area contributed by atoms with Gasteiger partial charge in [-0.1, -0.05) is 35.4 Å². The van der Waals surface area contributed by atoms with Gasteiger partial charge in [-0.15, -0.1) is 5.10 Å². The lowest BCUT2D eigenvalue weighted by Crippen LogP contribution is -2.15. The van der Waals surface area contributed by atoms with Gasteiger partial charge in [0.1, 0.15) is 5.82 Å². The first-order chi connectivity index (χ1) is 15.4. The SMILES string of the molecule is Cc1cccc(-c2nc(C(=O)OCC(=O)c3ccc(Cl)cc3)nn2-c2ccc(F)cc2)c1. The fourth-order valence-electron chi connectivity index (χ4n) is 3.05. The normalized spacial score (nSPS) is 10.7. The zero-order chi connectivity index (χ0) is 22.7. The van der Waals surface area contributed by atoms with Gasteiger partial charge in [0.25, 0.3) is 5.82 Å². The lowest BCUT2D eigenvalue weighted by atomic mass is 10.1. The van der Waals surface area contributed by atoms with Crippen LogP contribution in [0.25, 0.3) is 17.1 Å². The molecule has 0 spiro atoms. The first kappa shape index (κ1) is 21.4. The van der Waals surface area contributed by atoms with Gasteiger partial charge in [-0.2, -0.15) is 0 Å². The van der Waals surface area contributed by atoms with Crippen LogP contribution in [0.15, 0.2) is 72.8 Å². The average molecular weight is 450 g/mol. The Labute approximate surface area is 188 Å². The van der Waals surface area contributed by atoms with Gasteiger partial charge in [-0.05, 0) is 61.5 Å². The third-order valence-corrected chi connectivity index (χ3v) is 4.89. The maximum atomic E-state index is 13.4. The van der Waals surface area contributed by atoms with E-state index in [1.807, 2.05) is 31.2 Å². The van der Waals surface area contributed by atoms with Crippen molar-refractivity contribution in [3.05, 3.63) is 101 Å². The smallest absolute Gasteiger partial charge is 0.378 e. The Balaban J connectivity index is 1.61. The van der Waals surface area contributed by atoms with Crippen molar-refractivity contribution in [1.82, 2.24) is 14.8 Å². The van der Waals surface area contributed by atoms with Crippen molar-refractivity contribution < 1.29 is 18.7 Å². The zero-order valence-corrected chi connectivity index (χ0v) is 17.7. The summed E-state index contributed by atoms with van der Waals surface area (Å²) < 4.78 is 20.0. The van der Waals surface area contributed by atoms with Crippen LogP contribution in [0.3, 0.4) is 0 Å². The predicted molar refractivity (Wildman–Crippen MR) is 118 cm³/mol. The minimum atomic E-state index is -0.845. The molecule has 0 saturated heterocycles. The van der Waals surface area contributed by atoms with E-state index >= 15 is 0 Å². The molecule has 0 bridgehead atoms. The standard InChI is InChI=1S/C24H17ClFN3O3/c1-15-3-2-4-17(13-15)23-27-22(28-29(23)20-11-9-19(26)10-12-20)24(31)32-14-21(30)16-5-7-18(25)8-6-16/h2-13H,14H2,1H3. The number of ketones is 1. The highest BCUT2D eigenvalue weighted by Gasteiger charge is 2.21. The van der Waals surface area contributed by atoms with E-state index in [4.69, 9.17) is 16.3 Å². The summed E-state index contributed by atoms with van der Waals surface area (Å²) in [5, 5.41) is 4.76. The molecular weight excluding hydrogens is 433 g/mol. The van der Waals surface area contributed by atoms with Gasteiger partial charge in [-0.25, -0.2) is 18.9 Å². The number of aryl methyl sites for hydroxylation is 1. The lowest BCUT2D eigenvalue weighted by Gasteiger charge is -2.06. The van der Waals surface area contributed by atoms with Crippen molar-refractivity contribution in [1.29, 1.82) is 0 Å². The molecule has 0 aliphatic heterocycles. The van der Waals surface area contributed by atoms with E-state index in [9.17, 15) is 14.0 Å². The molecule has 4 aromatic rings. The van der Waals surface area contributed by atoms with Crippen molar-refractivity contribution in [2.24, 2.45) is 0 Å². The molecule has 32 heavy (non-hydrogen) atoms. The summed E-state index contributed by atoms with van der Waals surface area (Å²) >= 11 is 5.82. The third-order valence-electron chi connectivity index (χ3n) is 4.64.